The van der Waals surface area contributed by atoms with Gasteiger partial charge in [0.25, 0.3) is 0 Å². The third-order valence-corrected chi connectivity index (χ3v) is 4.58. The van der Waals surface area contributed by atoms with Crippen LogP contribution in [0.5, 0.6) is 0 Å². The van der Waals surface area contributed by atoms with Gasteiger partial charge in [0.2, 0.25) is 0 Å². The molecule has 4 heteroatoms. The average molecular weight is 351 g/mol. The van der Waals surface area contributed by atoms with Gasteiger partial charge in [-0.3, -0.25) is 4.79 Å². The van der Waals surface area contributed by atoms with E-state index in [9.17, 15) is 4.79 Å². The summed E-state index contributed by atoms with van der Waals surface area (Å²) in [5.74, 6) is 1.20. The fourth-order valence-electron chi connectivity index (χ4n) is 3.05. The zero-order valence-corrected chi connectivity index (χ0v) is 15.3. The Bertz CT molecular complexity index is 854. The highest BCUT2D eigenvalue weighted by Gasteiger charge is 2.08. The van der Waals surface area contributed by atoms with Crippen LogP contribution < -0.4 is 5.32 Å². The van der Waals surface area contributed by atoms with E-state index >= 15 is 0 Å². The summed E-state index contributed by atoms with van der Waals surface area (Å²) < 4.78 is 10.6. The third-order valence-electron chi connectivity index (χ3n) is 4.58. The molecule has 0 unspecified atom stereocenters. The summed E-state index contributed by atoms with van der Waals surface area (Å²) in [6, 6.07) is 18.4. The van der Waals surface area contributed by atoms with Crippen molar-refractivity contribution in [1.82, 2.24) is 5.32 Å². The van der Waals surface area contributed by atoms with Crippen molar-refractivity contribution in [2.24, 2.45) is 0 Å². The van der Waals surface area contributed by atoms with E-state index in [1.54, 1.807) is 0 Å². The van der Waals surface area contributed by atoms with Gasteiger partial charge >= 0.3 is 5.97 Å². The summed E-state index contributed by atoms with van der Waals surface area (Å²) in [7, 11) is 1.41. The van der Waals surface area contributed by atoms with Crippen LogP contribution in [-0.4, -0.2) is 26.2 Å². The number of ether oxygens (including phenoxy) is 1. The smallest absolute Gasteiger partial charge is 0.309 e. The number of carbonyl (C=O) groups excluding carboxylic acids is 1. The average Bonchev–Trinajstić information content (AvgIpc) is 3.07. The van der Waals surface area contributed by atoms with Crippen LogP contribution in [-0.2, 0) is 22.4 Å². The first kappa shape index (κ1) is 18.2. The van der Waals surface area contributed by atoms with Crippen LogP contribution in [0.15, 0.2) is 59.0 Å². The summed E-state index contributed by atoms with van der Waals surface area (Å²) in [5, 5.41) is 4.53. The van der Waals surface area contributed by atoms with Crippen LogP contribution in [0.25, 0.3) is 11.0 Å². The van der Waals surface area contributed by atoms with Gasteiger partial charge in [-0.05, 0) is 35.2 Å². The molecule has 0 saturated carbocycles. The van der Waals surface area contributed by atoms with Gasteiger partial charge in [-0.15, -0.1) is 0 Å². The molecule has 0 fully saturated rings. The van der Waals surface area contributed by atoms with Gasteiger partial charge in [0.15, 0.2) is 0 Å². The van der Waals surface area contributed by atoms with Gasteiger partial charge in [-0.2, -0.15) is 0 Å². The van der Waals surface area contributed by atoms with Crippen molar-refractivity contribution in [3.05, 3.63) is 71.5 Å². The van der Waals surface area contributed by atoms with E-state index in [1.807, 2.05) is 24.3 Å². The van der Waals surface area contributed by atoms with Crippen molar-refractivity contribution in [3.8, 4) is 0 Å². The fourth-order valence-corrected chi connectivity index (χ4v) is 3.05. The molecular formula is C22H25NO3. The first-order valence-corrected chi connectivity index (χ1v) is 8.99. The normalized spacial score (nSPS) is 12.2. The molecule has 0 radical (unpaired) electrons. The van der Waals surface area contributed by atoms with Crippen molar-refractivity contribution in [2.45, 2.75) is 25.7 Å². The number of nitrogens with one attached hydrogen (secondary N) is 1. The number of hydrogen-bond donors (Lipinski definition) is 1. The van der Waals surface area contributed by atoms with Crippen molar-refractivity contribution in [3.63, 3.8) is 0 Å². The van der Waals surface area contributed by atoms with E-state index in [2.05, 4.69) is 42.6 Å². The van der Waals surface area contributed by atoms with Crippen LogP contribution in [0.4, 0.5) is 0 Å². The highest BCUT2D eigenvalue weighted by molar-refractivity contribution is 5.81. The Morgan fingerprint density at radius 3 is 2.73 bits per heavy atom. The van der Waals surface area contributed by atoms with Crippen LogP contribution in [0.3, 0.4) is 0 Å². The Morgan fingerprint density at radius 2 is 1.96 bits per heavy atom. The molecule has 0 aliphatic carbocycles. The molecule has 1 aromatic heterocycles. The molecule has 0 aliphatic rings. The second kappa shape index (κ2) is 8.68. The molecule has 2 aromatic carbocycles. The molecule has 3 rings (SSSR count). The lowest BCUT2D eigenvalue weighted by molar-refractivity contribution is -0.139. The maximum Gasteiger partial charge on any atom is 0.309 e. The van der Waals surface area contributed by atoms with Gasteiger partial charge in [-0.1, -0.05) is 43.3 Å². The van der Waals surface area contributed by atoms with E-state index in [-0.39, 0.29) is 12.4 Å². The second-order valence-corrected chi connectivity index (χ2v) is 6.60. The van der Waals surface area contributed by atoms with E-state index in [0.717, 1.165) is 41.8 Å². The molecule has 136 valence electrons. The summed E-state index contributed by atoms with van der Waals surface area (Å²) in [6.45, 7) is 4.03. The maximum atomic E-state index is 11.4. The van der Waals surface area contributed by atoms with Gasteiger partial charge < -0.3 is 14.5 Å². The Morgan fingerprint density at radius 1 is 1.15 bits per heavy atom. The lowest BCUT2D eigenvalue weighted by atomic mass is 10.0. The Hall–Kier alpha value is -2.59. The summed E-state index contributed by atoms with van der Waals surface area (Å²) in [6.07, 6.45) is 1.12. The number of furan rings is 1. The van der Waals surface area contributed by atoms with Crippen molar-refractivity contribution >= 4 is 16.9 Å². The maximum absolute atomic E-state index is 11.4. The number of benzene rings is 2. The fraction of sp³-hybridized carbons (Fsp3) is 0.318. The second-order valence-electron chi connectivity index (χ2n) is 6.60. The number of methoxy groups -OCH3 is 1. The first-order valence-electron chi connectivity index (χ1n) is 8.99. The monoisotopic (exact) mass is 351 g/mol. The number of rotatable bonds is 8. The molecule has 0 spiro atoms. The predicted octanol–water partition coefficient (Wildman–Crippen LogP) is 4.08. The van der Waals surface area contributed by atoms with Gasteiger partial charge in [0.05, 0.1) is 13.5 Å². The largest absolute Gasteiger partial charge is 0.469 e. The molecule has 1 N–H and O–H groups in total. The zero-order chi connectivity index (χ0) is 18.4. The molecule has 26 heavy (non-hydrogen) atoms. The van der Waals surface area contributed by atoms with Crippen molar-refractivity contribution in [2.75, 3.05) is 20.2 Å². The van der Waals surface area contributed by atoms with Gasteiger partial charge in [0, 0.05) is 24.9 Å². The number of esters is 1. The van der Waals surface area contributed by atoms with E-state index < -0.39 is 0 Å². The molecule has 4 nitrogen and oxygen atoms in total. The van der Waals surface area contributed by atoms with Crippen molar-refractivity contribution < 1.29 is 13.9 Å². The summed E-state index contributed by atoms with van der Waals surface area (Å²) >= 11 is 0. The molecule has 3 aromatic rings. The Labute approximate surface area is 154 Å². The Balaban J connectivity index is 1.52. The topological polar surface area (TPSA) is 51.5 Å². The van der Waals surface area contributed by atoms with E-state index in [4.69, 9.17) is 9.15 Å². The highest BCUT2D eigenvalue weighted by atomic mass is 16.5. The SMILES string of the molecule is COC(=O)Cc1ccc2oc(CCNC[C@H](C)c3ccccc3)cc2c1. The predicted molar refractivity (Wildman–Crippen MR) is 103 cm³/mol. The van der Waals surface area contributed by atoms with Crippen molar-refractivity contribution in [1.29, 1.82) is 0 Å². The van der Waals surface area contributed by atoms with Crippen LogP contribution >= 0.6 is 0 Å². The third kappa shape index (κ3) is 4.73. The van der Waals surface area contributed by atoms with Crippen LogP contribution in [0.2, 0.25) is 0 Å². The number of fused-ring (bicyclic) bond motifs is 1. The van der Waals surface area contributed by atoms with Crippen LogP contribution in [0, 0.1) is 0 Å². The first-order chi connectivity index (χ1) is 12.7. The molecular weight excluding hydrogens is 326 g/mol. The molecule has 0 saturated heterocycles. The standard InChI is InChI=1S/C22H25NO3/c1-16(18-6-4-3-5-7-18)15-23-11-10-20-14-19-12-17(13-22(24)25-2)8-9-21(19)26-20/h3-9,12,14,16,23H,10-11,13,15H2,1-2H3/t16-/m0/s1. The van der Waals surface area contributed by atoms with Gasteiger partial charge in [0.1, 0.15) is 11.3 Å². The zero-order valence-electron chi connectivity index (χ0n) is 15.3. The van der Waals surface area contributed by atoms with E-state index in [1.165, 1.54) is 12.7 Å². The van der Waals surface area contributed by atoms with E-state index in [0.29, 0.717) is 5.92 Å². The summed E-state index contributed by atoms with van der Waals surface area (Å²) in [5.41, 5.74) is 3.14. The molecule has 1 heterocycles. The Kier molecular flexibility index (Phi) is 6.08. The lowest BCUT2D eigenvalue weighted by Crippen LogP contribution is -2.22. The summed E-state index contributed by atoms with van der Waals surface area (Å²) in [4.78, 5) is 11.4. The van der Waals surface area contributed by atoms with Crippen LogP contribution in [0.1, 0.15) is 29.7 Å². The molecule has 1 atom stereocenters. The molecule has 0 bridgehead atoms. The molecule has 0 aliphatic heterocycles. The minimum Gasteiger partial charge on any atom is -0.469 e. The number of carbonyl (C=O) groups is 1. The molecule has 0 amide bonds. The highest BCUT2D eigenvalue weighted by Crippen LogP contribution is 2.21. The minimum atomic E-state index is -0.232. The van der Waals surface area contributed by atoms with Gasteiger partial charge in [-0.25, -0.2) is 0 Å². The minimum absolute atomic E-state index is 0.232. The number of hydrogen-bond acceptors (Lipinski definition) is 4. The lowest BCUT2D eigenvalue weighted by Gasteiger charge is -2.12. The quantitative estimate of drug-likeness (QED) is 0.491.